The fourth-order valence-electron chi connectivity index (χ4n) is 2.99. The highest BCUT2D eigenvalue weighted by Crippen LogP contribution is 2.30. The van der Waals surface area contributed by atoms with Gasteiger partial charge < -0.3 is 15.4 Å². The van der Waals surface area contributed by atoms with Crippen LogP contribution < -0.4 is 20.8 Å². The average Bonchev–Trinajstić information content (AvgIpc) is 2.89. The predicted molar refractivity (Wildman–Crippen MR) is 111 cm³/mol. The third kappa shape index (κ3) is 3.63. The van der Waals surface area contributed by atoms with Crippen LogP contribution in [0.5, 0.6) is 5.75 Å². The summed E-state index contributed by atoms with van der Waals surface area (Å²) in [6, 6.07) is 12.3. The van der Waals surface area contributed by atoms with Crippen LogP contribution in [0.2, 0.25) is 0 Å². The Bertz CT molecular complexity index is 962. The van der Waals surface area contributed by atoms with Gasteiger partial charge in [0, 0.05) is 5.69 Å². The number of imide groups is 1. The number of aryl methyl sites for hydroxylation is 2. The summed E-state index contributed by atoms with van der Waals surface area (Å²) in [6.07, 6.45) is 0. The van der Waals surface area contributed by atoms with E-state index in [-0.39, 0.29) is 5.11 Å². The number of amides is 3. The molecule has 0 spiro atoms. The molecule has 2 aromatic carbocycles. The topological polar surface area (TPSA) is 82.7 Å². The van der Waals surface area contributed by atoms with E-state index in [0.29, 0.717) is 11.3 Å². The van der Waals surface area contributed by atoms with Crippen molar-refractivity contribution in [3.05, 3.63) is 59.2 Å². The van der Waals surface area contributed by atoms with Crippen molar-refractivity contribution >= 4 is 35.0 Å². The van der Waals surface area contributed by atoms with Gasteiger partial charge in [-0.05, 0) is 67.9 Å². The highest BCUT2D eigenvalue weighted by molar-refractivity contribution is 7.80. The Labute approximate surface area is 169 Å². The van der Waals surface area contributed by atoms with Gasteiger partial charge in [0.05, 0.1) is 7.11 Å². The van der Waals surface area contributed by atoms with Crippen molar-refractivity contribution in [3.63, 3.8) is 0 Å². The lowest BCUT2D eigenvalue weighted by Gasteiger charge is -2.23. The SMILES string of the molecule is COc1cccc(C2(C)NC(=O)N(NC(=S)Nc3cc(C)ccc3C)C2=O)c1. The summed E-state index contributed by atoms with van der Waals surface area (Å²) < 4.78 is 5.22. The minimum Gasteiger partial charge on any atom is -0.497 e. The number of hydrogen-bond donors (Lipinski definition) is 3. The number of nitrogens with one attached hydrogen (secondary N) is 3. The number of benzene rings is 2. The normalized spacial score (nSPS) is 18.6. The standard InChI is InChI=1S/C20H22N4O3S/c1-12-8-9-13(2)16(10-12)21-18(28)23-24-17(25)20(3,22-19(24)26)14-6-5-7-15(11-14)27-4/h5-11H,1-4H3,(H,22,26)(H2,21,23,28). The van der Waals surface area contributed by atoms with Crippen molar-refractivity contribution in [2.75, 3.05) is 12.4 Å². The van der Waals surface area contributed by atoms with Crippen LogP contribution in [-0.2, 0) is 10.3 Å². The minimum absolute atomic E-state index is 0.145. The van der Waals surface area contributed by atoms with Gasteiger partial charge in [0.1, 0.15) is 11.3 Å². The number of nitrogens with zero attached hydrogens (tertiary/aromatic N) is 1. The molecule has 0 radical (unpaired) electrons. The molecule has 0 saturated carbocycles. The molecule has 1 aliphatic heterocycles. The number of methoxy groups -OCH3 is 1. The van der Waals surface area contributed by atoms with Gasteiger partial charge in [0.2, 0.25) is 0 Å². The van der Waals surface area contributed by atoms with Crippen LogP contribution in [0, 0.1) is 13.8 Å². The minimum atomic E-state index is -1.23. The van der Waals surface area contributed by atoms with Crippen LogP contribution in [0.15, 0.2) is 42.5 Å². The number of thiocarbonyl (C=S) groups is 1. The zero-order chi connectivity index (χ0) is 20.5. The van der Waals surface area contributed by atoms with Crippen molar-refractivity contribution in [3.8, 4) is 5.75 Å². The van der Waals surface area contributed by atoms with Gasteiger partial charge in [0.25, 0.3) is 5.91 Å². The van der Waals surface area contributed by atoms with E-state index in [9.17, 15) is 9.59 Å². The molecular formula is C20H22N4O3S. The molecule has 7 nitrogen and oxygen atoms in total. The zero-order valence-corrected chi connectivity index (χ0v) is 16.9. The lowest BCUT2D eigenvalue weighted by atomic mass is 9.92. The Morgan fingerprint density at radius 1 is 1.18 bits per heavy atom. The van der Waals surface area contributed by atoms with E-state index in [1.165, 1.54) is 0 Å². The van der Waals surface area contributed by atoms with Gasteiger partial charge >= 0.3 is 6.03 Å². The summed E-state index contributed by atoms with van der Waals surface area (Å²) in [5, 5.41) is 6.78. The highest BCUT2D eigenvalue weighted by atomic mass is 32.1. The van der Waals surface area contributed by atoms with Crippen LogP contribution >= 0.6 is 12.2 Å². The third-order valence-electron chi connectivity index (χ3n) is 4.69. The molecule has 146 valence electrons. The van der Waals surface area contributed by atoms with Crippen molar-refractivity contribution in [1.82, 2.24) is 15.8 Å². The Balaban J connectivity index is 1.78. The predicted octanol–water partition coefficient (Wildman–Crippen LogP) is 2.98. The molecule has 1 heterocycles. The first-order valence-electron chi connectivity index (χ1n) is 8.70. The first-order chi connectivity index (χ1) is 13.2. The van der Waals surface area contributed by atoms with Gasteiger partial charge in [-0.1, -0.05) is 24.3 Å². The molecule has 0 aromatic heterocycles. The molecule has 2 aromatic rings. The number of carbonyl (C=O) groups excluding carboxylic acids is 2. The van der Waals surface area contributed by atoms with E-state index >= 15 is 0 Å². The summed E-state index contributed by atoms with van der Waals surface area (Å²) >= 11 is 5.30. The van der Waals surface area contributed by atoms with Crippen molar-refractivity contribution in [2.24, 2.45) is 0 Å². The highest BCUT2D eigenvalue weighted by Gasteiger charge is 2.50. The summed E-state index contributed by atoms with van der Waals surface area (Å²) in [6.45, 7) is 5.56. The quantitative estimate of drug-likeness (QED) is 0.543. The first kappa shape index (κ1) is 19.6. The van der Waals surface area contributed by atoms with E-state index in [2.05, 4.69) is 16.1 Å². The zero-order valence-electron chi connectivity index (χ0n) is 16.1. The van der Waals surface area contributed by atoms with Crippen LogP contribution in [0.3, 0.4) is 0 Å². The Morgan fingerprint density at radius 3 is 2.64 bits per heavy atom. The second-order valence-corrected chi connectivity index (χ2v) is 7.22. The van der Waals surface area contributed by atoms with Gasteiger partial charge in [-0.25, -0.2) is 4.79 Å². The molecular weight excluding hydrogens is 376 g/mol. The van der Waals surface area contributed by atoms with Gasteiger partial charge in [-0.2, -0.15) is 5.01 Å². The molecule has 28 heavy (non-hydrogen) atoms. The summed E-state index contributed by atoms with van der Waals surface area (Å²) in [4.78, 5) is 25.4. The molecule has 8 heteroatoms. The average molecular weight is 398 g/mol. The van der Waals surface area contributed by atoms with Crippen molar-refractivity contribution in [1.29, 1.82) is 0 Å². The molecule has 1 aliphatic rings. The maximum Gasteiger partial charge on any atom is 0.344 e. The summed E-state index contributed by atoms with van der Waals surface area (Å²) in [5.41, 5.74) is 4.94. The van der Waals surface area contributed by atoms with Gasteiger partial charge in [0.15, 0.2) is 5.11 Å². The molecule has 1 fully saturated rings. The molecule has 1 unspecified atom stereocenters. The molecule has 0 bridgehead atoms. The van der Waals surface area contributed by atoms with Gasteiger partial charge in [-0.3, -0.25) is 10.2 Å². The molecule has 0 aliphatic carbocycles. The monoisotopic (exact) mass is 398 g/mol. The third-order valence-corrected chi connectivity index (χ3v) is 4.89. The number of urea groups is 1. The molecule has 3 N–H and O–H groups in total. The van der Waals surface area contributed by atoms with Crippen molar-refractivity contribution in [2.45, 2.75) is 26.3 Å². The van der Waals surface area contributed by atoms with E-state index in [1.807, 2.05) is 32.0 Å². The molecule has 3 rings (SSSR count). The number of hydrogen-bond acceptors (Lipinski definition) is 4. The lowest BCUT2D eigenvalue weighted by Crippen LogP contribution is -2.49. The number of carbonyl (C=O) groups is 2. The smallest absolute Gasteiger partial charge is 0.344 e. The summed E-state index contributed by atoms with van der Waals surface area (Å²) in [5.74, 6) is 0.134. The fourth-order valence-corrected chi connectivity index (χ4v) is 3.19. The summed E-state index contributed by atoms with van der Waals surface area (Å²) in [7, 11) is 1.54. The Morgan fingerprint density at radius 2 is 1.93 bits per heavy atom. The Kier molecular flexibility index (Phi) is 5.24. The second-order valence-electron chi connectivity index (χ2n) is 6.81. The largest absolute Gasteiger partial charge is 0.497 e. The van der Waals surface area contributed by atoms with E-state index in [1.54, 1.807) is 38.3 Å². The van der Waals surface area contributed by atoms with Gasteiger partial charge in [-0.15, -0.1) is 0 Å². The Hall–Kier alpha value is -3.13. The second kappa shape index (κ2) is 7.47. The fraction of sp³-hybridized carbons (Fsp3) is 0.250. The molecule has 3 amide bonds. The number of ether oxygens (including phenoxy) is 1. The number of anilines is 1. The van der Waals surface area contributed by atoms with Crippen molar-refractivity contribution < 1.29 is 14.3 Å². The van der Waals surface area contributed by atoms with E-state index in [0.717, 1.165) is 21.8 Å². The number of hydrazine groups is 1. The van der Waals surface area contributed by atoms with Crippen LogP contribution in [0.4, 0.5) is 10.5 Å². The van der Waals surface area contributed by atoms with Crippen LogP contribution in [0.1, 0.15) is 23.6 Å². The van der Waals surface area contributed by atoms with E-state index in [4.69, 9.17) is 17.0 Å². The van der Waals surface area contributed by atoms with E-state index < -0.39 is 17.5 Å². The van der Waals surface area contributed by atoms with Crippen LogP contribution in [0.25, 0.3) is 0 Å². The lowest BCUT2D eigenvalue weighted by molar-refractivity contribution is -0.132. The number of rotatable bonds is 4. The maximum atomic E-state index is 13.0. The first-order valence-corrected chi connectivity index (χ1v) is 9.11. The molecule has 1 atom stereocenters. The van der Waals surface area contributed by atoms with Crippen LogP contribution in [-0.4, -0.2) is 29.2 Å². The maximum absolute atomic E-state index is 13.0. The molecule has 1 saturated heterocycles.